The molecular weight excluding hydrogens is 181 g/mol. The van der Waals surface area contributed by atoms with Crippen LogP contribution in [-0.4, -0.2) is 17.3 Å². The highest BCUT2D eigenvalue weighted by Crippen LogP contribution is 2.14. The number of rotatable bonds is 3. The molecule has 0 saturated heterocycles. The monoisotopic (exact) mass is 197 g/mol. The van der Waals surface area contributed by atoms with Crippen molar-refractivity contribution in [2.45, 2.75) is 26.4 Å². The fourth-order valence-corrected chi connectivity index (χ4v) is 1.07. The molecule has 0 spiro atoms. The minimum Gasteiger partial charge on any atom is -0.389 e. The van der Waals surface area contributed by atoms with E-state index < -0.39 is 5.60 Å². The second-order valence-electron chi connectivity index (χ2n) is 4.13. The zero-order valence-electron chi connectivity index (χ0n) is 8.76. The van der Waals surface area contributed by atoms with Gasteiger partial charge in [-0.2, -0.15) is 0 Å². The summed E-state index contributed by atoms with van der Waals surface area (Å²) in [4.78, 5) is 0. The van der Waals surface area contributed by atoms with Crippen LogP contribution in [0.25, 0.3) is 0 Å². The van der Waals surface area contributed by atoms with Crippen LogP contribution in [-0.2, 0) is 0 Å². The Morgan fingerprint density at radius 2 is 2.07 bits per heavy atom. The van der Waals surface area contributed by atoms with Crippen molar-refractivity contribution in [3.05, 3.63) is 29.6 Å². The van der Waals surface area contributed by atoms with Gasteiger partial charge in [-0.3, -0.25) is 0 Å². The third kappa shape index (κ3) is 3.34. The van der Waals surface area contributed by atoms with Crippen LogP contribution in [0.1, 0.15) is 19.4 Å². The highest BCUT2D eigenvalue weighted by molar-refractivity contribution is 5.46. The van der Waals surface area contributed by atoms with E-state index in [-0.39, 0.29) is 5.82 Å². The average Bonchev–Trinajstić information content (AvgIpc) is 2.06. The van der Waals surface area contributed by atoms with Gasteiger partial charge in [0.25, 0.3) is 0 Å². The van der Waals surface area contributed by atoms with Crippen molar-refractivity contribution in [3.63, 3.8) is 0 Å². The number of anilines is 1. The van der Waals surface area contributed by atoms with E-state index >= 15 is 0 Å². The Hall–Kier alpha value is -1.09. The topological polar surface area (TPSA) is 32.3 Å². The summed E-state index contributed by atoms with van der Waals surface area (Å²) in [7, 11) is 0. The Kier molecular flexibility index (Phi) is 3.11. The molecule has 0 radical (unpaired) electrons. The van der Waals surface area contributed by atoms with Crippen LogP contribution in [0.4, 0.5) is 10.1 Å². The van der Waals surface area contributed by atoms with Crippen LogP contribution >= 0.6 is 0 Å². The van der Waals surface area contributed by atoms with Crippen molar-refractivity contribution in [2.24, 2.45) is 0 Å². The van der Waals surface area contributed by atoms with Crippen LogP contribution in [0.2, 0.25) is 0 Å². The Morgan fingerprint density at radius 3 is 2.57 bits per heavy atom. The SMILES string of the molecule is Cc1cc(NCC(C)(C)O)ccc1F. The maximum atomic E-state index is 12.9. The van der Waals surface area contributed by atoms with E-state index in [2.05, 4.69) is 5.32 Å². The molecule has 1 rings (SSSR count). The molecule has 0 aliphatic heterocycles. The van der Waals surface area contributed by atoms with Gasteiger partial charge in [-0.1, -0.05) is 0 Å². The molecule has 0 atom stereocenters. The van der Waals surface area contributed by atoms with Gasteiger partial charge < -0.3 is 10.4 Å². The Balaban J connectivity index is 2.65. The van der Waals surface area contributed by atoms with Crippen molar-refractivity contribution >= 4 is 5.69 Å². The molecule has 0 unspecified atom stereocenters. The summed E-state index contributed by atoms with van der Waals surface area (Å²) in [5.41, 5.74) is 0.666. The molecule has 0 saturated carbocycles. The summed E-state index contributed by atoms with van der Waals surface area (Å²) in [6, 6.07) is 4.80. The number of aryl methyl sites for hydroxylation is 1. The summed E-state index contributed by atoms with van der Waals surface area (Å²) in [5, 5.41) is 12.5. The molecule has 0 aliphatic carbocycles. The Bertz CT molecular complexity index is 318. The normalized spacial score (nSPS) is 11.5. The largest absolute Gasteiger partial charge is 0.389 e. The second kappa shape index (κ2) is 3.96. The van der Waals surface area contributed by atoms with E-state index in [0.29, 0.717) is 12.1 Å². The van der Waals surface area contributed by atoms with Gasteiger partial charge in [-0.15, -0.1) is 0 Å². The summed E-state index contributed by atoms with van der Waals surface area (Å²) < 4.78 is 12.9. The molecule has 2 nitrogen and oxygen atoms in total. The molecule has 0 aromatic heterocycles. The summed E-state index contributed by atoms with van der Waals surface area (Å²) in [6.45, 7) is 5.59. The van der Waals surface area contributed by atoms with Gasteiger partial charge in [0.05, 0.1) is 5.60 Å². The van der Waals surface area contributed by atoms with E-state index in [0.717, 1.165) is 5.69 Å². The van der Waals surface area contributed by atoms with Crippen molar-refractivity contribution in [1.29, 1.82) is 0 Å². The Morgan fingerprint density at radius 1 is 1.43 bits per heavy atom. The molecule has 0 amide bonds. The molecule has 0 heterocycles. The zero-order valence-corrected chi connectivity index (χ0v) is 8.76. The van der Waals surface area contributed by atoms with Gasteiger partial charge in [0.2, 0.25) is 0 Å². The smallest absolute Gasteiger partial charge is 0.126 e. The van der Waals surface area contributed by atoms with Gasteiger partial charge in [0, 0.05) is 12.2 Å². The highest BCUT2D eigenvalue weighted by Gasteiger charge is 2.11. The first-order valence-corrected chi connectivity index (χ1v) is 4.61. The lowest BCUT2D eigenvalue weighted by atomic mass is 10.1. The van der Waals surface area contributed by atoms with Crippen LogP contribution in [0.5, 0.6) is 0 Å². The van der Waals surface area contributed by atoms with Crippen molar-refractivity contribution in [1.82, 2.24) is 0 Å². The van der Waals surface area contributed by atoms with E-state index in [9.17, 15) is 9.50 Å². The molecule has 78 valence electrons. The predicted molar refractivity (Wildman–Crippen MR) is 55.9 cm³/mol. The molecule has 0 fully saturated rings. The van der Waals surface area contributed by atoms with Gasteiger partial charge >= 0.3 is 0 Å². The lowest BCUT2D eigenvalue weighted by Crippen LogP contribution is -2.29. The summed E-state index contributed by atoms with van der Waals surface area (Å²) >= 11 is 0. The van der Waals surface area contributed by atoms with Crippen LogP contribution < -0.4 is 5.32 Å². The number of hydrogen-bond acceptors (Lipinski definition) is 2. The number of halogens is 1. The fourth-order valence-electron chi connectivity index (χ4n) is 1.07. The van der Waals surface area contributed by atoms with Gasteiger partial charge in [-0.25, -0.2) is 4.39 Å². The van der Waals surface area contributed by atoms with Crippen LogP contribution in [0.3, 0.4) is 0 Å². The quantitative estimate of drug-likeness (QED) is 0.779. The van der Waals surface area contributed by atoms with Crippen LogP contribution in [0.15, 0.2) is 18.2 Å². The molecule has 2 N–H and O–H groups in total. The number of nitrogens with one attached hydrogen (secondary N) is 1. The second-order valence-corrected chi connectivity index (χ2v) is 4.13. The standard InChI is InChI=1S/C11H16FNO/c1-8-6-9(4-5-10(8)12)13-7-11(2,3)14/h4-6,13-14H,7H2,1-3H3. The maximum absolute atomic E-state index is 12.9. The lowest BCUT2D eigenvalue weighted by Gasteiger charge is -2.18. The van der Waals surface area contributed by atoms with E-state index in [4.69, 9.17) is 0 Å². The van der Waals surface area contributed by atoms with E-state index in [1.165, 1.54) is 6.07 Å². The summed E-state index contributed by atoms with van der Waals surface area (Å²) in [6.07, 6.45) is 0. The van der Waals surface area contributed by atoms with Crippen molar-refractivity contribution < 1.29 is 9.50 Å². The molecule has 0 bridgehead atoms. The minimum absolute atomic E-state index is 0.209. The molecular formula is C11H16FNO. The first kappa shape index (κ1) is 11.0. The molecule has 14 heavy (non-hydrogen) atoms. The van der Waals surface area contributed by atoms with Gasteiger partial charge in [0.15, 0.2) is 0 Å². The van der Waals surface area contributed by atoms with Gasteiger partial charge in [0.1, 0.15) is 5.82 Å². The first-order chi connectivity index (χ1) is 6.38. The van der Waals surface area contributed by atoms with E-state index in [1.807, 2.05) is 0 Å². The number of aliphatic hydroxyl groups is 1. The zero-order chi connectivity index (χ0) is 10.8. The highest BCUT2D eigenvalue weighted by atomic mass is 19.1. The summed E-state index contributed by atoms with van der Waals surface area (Å²) in [5.74, 6) is -0.209. The Labute approximate surface area is 83.8 Å². The molecule has 0 aliphatic rings. The van der Waals surface area contributed by atoms with Gasteiger partial charge in [-0.05, 0) is 44.5 Å². The third-order valence-electron chi connectivity index (χ3n) is 1.88. The average molecular weight is 197 g/mol. The molecule has 3 heteroatoms. The maximum Gasteiger partial charge on any atom is 0.126 e. The molecule has 1 aromatic carbocycles. The predicted octanol–water partition coefficient (Wildman–Crippen LogP) is 2.32. The number of benzene rings is 1. The fraction of sp³-hybridized carbons (Fsp3) is 0.455. The van der Waals surface area contributed by atoms with Crippen LogP contribution in [0, 0.1) is 12.7 Å². The lowest BCUT2D eigenvalue weighted by molar-refractivity contribution is 0.0945. The molecule has 1 aromatic rings. The van der Waals surface area contributed by atoms with Crippen molar-refractivity contribution in [2.75, 3.05) is 11.9 Å². The van der Waals surface area contributed by atoms with Crippen molar-refractivity contribution in [3.8, 4) is 0 Å². The third-order valence-corrected chi connectivity index (χ3v) is 1.88. The van der Waals surface area contributed by atoms with E-state index in [1.54, 1.807) is 32.9 Å². The minimum atomic E-state index is -0.762. The number of hydrogen-bond donors (Lipinski definition) is 2. The first-order valence-electron chi connectivity index (χ1n) is 4.61.